The number of piperidine rings is 1. The minimum atomic E-state index is -0.903. The van der Waals surface area contributed by atoms with E-state index in [1.165, 1.54) is 7.11 Å². The van der Waals surface area contributed by atoms with Gasteiger partial charge in [-0.05, 0) is 31.6 Å². The Morgan fingerprint density at radius 3 is 2.24 bits per heavy atom. The van der Waals surface area contributed by atoms with Crippen molar-refractivity contribution in [2.45, 2.75) is 31.8 Å². The number of aliphatic carboxylic acids is 1. The van der Waals surface area contributed by atoms with Gasteiger partial charge in [-0.2, -0.15) is 0 Å². The van der Waals surface area contributed by atoms with Gasteiger partial charge in [-0.25, -0.2) is 4.79 Å². The SMILES string of the molecule is COC(C(=O)O)C1CCN(C(=O)C2CC2)CC1. The van der Waals surface area contributed by atoms with Crippen LogP contribution >= 0.6 is 0 Å². The van der Waals surface area contributed by atoms with Crippen molar-refractivity contribution in [2.75, 3.05) is 20.2 Å². The summed E-state index contributed by atoms with van der Waals surface area (Å²) in [5.74, 6) is -0.364. The Bertz CT molecular complexity index is 306. The van der Waals surface area contributed by atoms with Gasteiger partial charge in [-0.1, -0.05) is 0 Å². The van der Waals surface area contributed by atoms with E-state index in [2.05, 4.69) is 0 Å². The number of carbonyl (C=O) groups excluding carboxylic acids is 1. The van der Waals surface area contributed by atoms with Crippen molar-refractivity contribution in [3.05, 3.63) is 0 Å². The van der Waals surface area contributed by atoms with Crippen LogP contribution in [0, 0.1) is 11.8 Å². The van der Waals surface area contributed by atoms with Crippen molar-refractivity contribution in [3.8, 4) is 0 Å². The molecular weight excluding hydrogens is 222 g/mol. The molecule has 0 aromatic carbocycles. The summed E-state index contributed by atoms with van der Waals surface area (Å²) >= 11 is 0. The van der Waals surface area contributed by atoms with Crippen LogP contribution in [0.4, 0.5) is 0 Å². The van der Waals surface area contributed by atoms with E-state index >= 15 is 0 Å². The van der Waals surface area contributed by atoms with E-state index in [1.54, 1.807) is 0 Å². The van der Waals surface area contributed by atoms with E-state index in [4.69, 9.17) is 9.84 Å². The number of hydrogen-bond acceptors (Lipinski definition) is 3. The van der Waals surface area contributed by atoms with Crippen LogP contribution in [-0.4, -0.2) is 48.2 Å². The molecule has 17 heavy (non-hydrogen) atoms. The molecule has 5 nitrogen and oxygen atoms in total. The van der Waals surface area contributed by atoms with Crippen LogP contribution in [-0.2, 0) is 14.3 Å². The second-order valence-electron chi connectivity index (χ2n) is 4.93. The van der Waals surface area contributed by atoms with Gasteiger partial charge in [0.2, 0.25) is 5.91 Å². The Hall–Kier alpha value is -1.10. The lowest BCUT2D eigenvalue weighted by molar-refractivity contribution is -0.153. The summed E-state index contributed by atoms with van der Waals surface area (Å²) in [6.45, 7) is 1.35. The van der Waals surface area contributed by atoms with Crippen LogP contribution in [0.3, 0.4) is 0 Å². The number of likely N-dealkylation sites (tertiary alicyclic amines) is 1. The van der Waals surface area contributed by atoms with Crippen LogP contribution in [0.5, 0.6) is 0 Å². The second kappa shape index (κ2) is 5.04. The first-order valence-corrected chi connectivity index (χ1v) is 6.18. The highest BCUT2D eigenvalue weighted by Gasteiger charge is 2.37. The number of carboxylic acid groups (broad SMARTS) is 1. The number of ether oxygens (including phenoxy) is 1. The summed E-state index contributed by atoms with van der Waals surface area (Å²) in [4.78, 5) is 24.7. The number of amides is 1. The zero-order valence-electron chi connectivity index (χ0n) is 10.1. The molecular formula is C12H19NO4. The molecule has 2 aliphatic rings. The molecule has 2 fully saturated rings. The third-order valence-corrected chi connectivity index (χ3v) is 3.70. The van der Waals surface area contributed by atoms with E-state index in [-0.39, 0.29) is 17.7 Å². The number of carboxylic acids is 1. The molecule has 1 heterocycles. The number of hydrogen-bond donors (Lipinski definition) is 1. The van der Waals surface area contributed by atoms with Gasteiger partial charge in [-0.3, -0.25) is 4.79 Å². The van der Waals surface area contributed by atoms with Gasteiger partial charge in [0, 0.05) is 26.1 Å². The predicted octanol–water partition coefficient (Wildman–Crippen LogP) is 0.735. The fourth-order valence-corrected chi connectivity index (χ4v) is 2.51. The summed E-state index contributed by atoms with van der Waals surface area (Å²) in [7, 11) is 1.43. The summed E-state index contributed by atoms with van der Waals surface area (Å²) in [5, 5.41) is 8.99. The van der Waals surface area contributed by atoms with E-state index < -0.39 is 12.1 Å². The van der Waals surface area contributed by atoms with Gasteiger partial charge < -0.3 is 14.7 Å². The Morgan fingerprint density at radius 1 is 1.24 bits per heavy atom. The highest BCUT2D eigenvalue weighted by atomic mass is 16.5. The van der Waals surface area contributed by atoms with Gasteiger partial charge in [0.15, 0.2) is 6.10 Å². The van der Waals surface area contributed by atoms with Crippen LogP contribution in [0.25, 0.3) is 0 Å². The van der Waals surface area contributed by atoms with Crippen molar-refractivity contribution < 1.29 is 19.4 Å². The smallest absolute Gasteiger partial charge is 0.333 e. The van der Waals surface area contributed by atoms with E-state index in [1.807, 2.05) is 4.90 Å². The Balaban J connectivity index is 1.84. The first-order valence-electron chi connectivity index (χ1n) is 6.18. The number of rotatable bonds is 4. The van der Waals surface area contributed by atoms with Crippen LogP contribution in [0.15, 0.2) is 0 Å². The molecule has 1 N–H and O–H groups in total. The molecule has 0 spiro atoms. The topological polar surface area (TPSA) is 66.8 Å². The minimum absolute atomic E-state index is 0.0285. The normalized spacial score (nSPS) is 23.5. The summed E-state index contributed by atoms with van der Waals surface area (Å²) < 4.78 is 5.00. The van der Waals surface area contributed by atoms with Crippen molar-refractivity contribution in [2.24, 2.45) is 11.8 Å². The maximum Gasteiger partial charge on any atom is 0.333 e. The van der Waals surface area contributed by atoms with Gasteiger partial charge in [-0.15, -0.1) is 0 Å². The first kappa shape index (κ1) is 12.4. The van der Waals surface area contributed by atoms with Crippen LogP contribution in [0.2, 0.25) is 0 Å². The highest BCUT2D eigenvalue weighted by molar-refractivity contribution is 5.81. The van der Waals surface area contributed by atoms with Gasteiger partial charge in [0.1, 0.15) is 0 Å². The molecule has 0 radical (unpaired) electrons. The third-order valence-electron chi connectivity index (χ3n) is 3.70. The summed E-state index contributed by atoms with van der Waals surface area (Å²) in [6, 6.07) is 0. The molecule has 2 rings (SSSR count). The van der Waals surface area contributed by atoms with Gasteiger partial charge in [0.25, 0.3) is 0 Å². The lowest BCUT2D eigenvalue weighted by Gasteiger charge is -2.34. The molecule has 1 saturated carbocycles. The van der Waals surface area contributed by atoms with Crippen LogP contribution < -0.4 is 0 Å². The summed E-state index contributed by atoms with van der Waals surface area (Å²) in [5.41, 5.74) is 0. The third kappa shape index (κ3) is 2.77. The fourth-order valence-electron chi connectivity index (χ4n) is 2.51. The van der Waals surface area contributed by atoms with E-state index in [9.17, 15) is 9.59 Å². The maximum absolute atomic E-state index is 11.8. The number of nitrogens with zero attached hydrogens (tertiary/aromatic N) is 1. The second-order valence-corrected chi connectivity index (χ2v) is 4.93. The zero-order chi connectivity index (χ0) is 12.4. The quantitative estimate of drug-likeness (QED) is 0.788. The highest BCUT2D eigenvalue weighted by Crippen LogP contribution is 2.33. The maximum atomic E-state index is 11.8. The van der Waals surface area contributed by atoms with Crippen LogP contribution in [0.1, 0.15) is 25.7 Å². The molecule has 0 aromatic heterocycles. The Kier molecular flexibility index (Phi) is 3.66. The molecule has 0 aromatic rings. The lowest BCUT2D eigenvalue weighted by Crippen LogP contribution is -2.44. The average Bonchev–Trinajstić information content (AvgIpc) is 3.13. The number of methoxy groups -OCH3 is 1. The lowest BCUT2D eigenvalue weighted by atomic mass is 9.91. The first-order chi connectivity index (χ1) is 8.13. The predicted molar refractivity (Wildman–Crippen MR) is 60.5 cm³/mol. The van der Waals surface area contributed by atoms with E-state index in [0.717, 1.165) is 25.7 Å². The van der Waals surface area contributed by atoms with Gasteiger partial charge in [0.05, 0.1) is 0 Å². The molecule has 1 aliphatic carbocycles. The molecule has 5 heteroatoms. The summed E-state index contributed by atoms with van der Waals surface area (Å²) in [6.07, 6.45) is 2.77. The van der Waals surface area contributed by atoms with Crippen molar-refractivity contribution in [1.82, 2.24) is 4.90 Å². The molecule has 1 atom stereocenters. The largest absolute Gasteiger partial charge is 0.479 e. The van der Waals surface area contributed by atoms with Crippen molar-refractivity contribution >= 4 is 11.9 Å². The van der Waals surface area contributed by atoms with Crippen molar-refractivity contribution in [3.63, 3.8) is 0 Å². The van der Waals surface area contributed by atoms with Gasteiger partial charge >= 0.3 is 5.97 Å². The molecule has 1 unspecified atom stereocenters. The van der Waals surface area contributed by atoms with Crippen molar-refractivity contribution in [1.29, 1.82) is 0 Å². The molecule has 1 amide bonds. The standard InChI is InChI=1S/C12H19NO4/c1-17-10(12(15)16)8-4-6-13(7-5-8)11(14)9-2-3-9/h8-10H,2-7H2,1H3,(H,15,16). The molecule has 96 valence electrons. The van der Waals surface area contributed by atoms with E-state index in [0.29, 0.717) is 13.1 Å². The zero-order valence-corrected chi connectivity index (χ0v) is 10.1. The minimum Gasteiger partial charge on any atom is -0.479 e. The Labute approximate surface area is 101 Å². The Morgan fingerprint density at radius 2 is 1.82 bits per heavy atom. The number of carbonyl (C=O) groups is 2. The molecule has 1 aliphatic heterocycles. The molecule has 1 saturated heterocycles. The molecule has 0 bridgehead atoms. The monoisotopic (exact) mass is 241 g/mol. The fraction of sp³-hybridized carbons (Fsp3) is 0.833. The average molecular weight is 241 g/mol.